The molecule has 6 nitrogen and oxygen atoms in total. The average molecular weight is 372 g/mol. The zero-order chi connectivity index (χ0) is 18.7. The number of rotatable bonds is 3. The van der Waals surface area contributed by atoms with E-state index in [2.05, 4.69) is 20.4 Å². The van der Waals surface area contributed by atoms with Gasteiger partial charge in [-0.1, -0.05) is 5.16 Å². The number of carbonyl (C=O) groups is 1. The predicted octanol–water partition coefficient (Wildman–Crippen LogP) is 3.72. The molecule has 3 aliphatic rings. The van der Waals surface area contributed by atoms with Crippen molar-refractivity contribution in [3.63, 3.8) is 0 Å². The van der Waals surface area contributed by atoms with Crippen LogP contribution >= 0.6 is 0 Å². The highest BCUT2D eigenvalue weighted by molar-refractivity contribution is 6.10. The quantitative estimate of drug-likeness (QED) is 0.735. The SMILES string of the molecule is O=C(Nc1ccc2[nH]ccc2c1)[C@]12ON=C(c3cccnc3)[C@H]1[C@@H]1CC[C@H]2C1. The van der Waals surface area contributed by atoms with Gasteiger partial charge in [-0.05, 0) is 61.6 Å². The van der Waals surface area contributed by atoms with E-state index in [0.717, 1.165) is 47.1 Å². The minimum Gasteiger partial charge on any atom is -0.378 e. The summed E-state index contributed by atoms with van der Waals surface area (Å²) in [5, 5.41) is 8.61. The Hall–Kier alpha value is -3.15. The second-order valence-corrected chi connectivity index (χ2v) is 8.08. The summed E-state index contributed by atoms with van der Waals surface area (Å²) < 4.78 is 0. The number of benzene rings is 1. The van der Waals surface area contributed by atoms with Gasteiger partial charge in [0, 0.05) is 46.7 Å². The molecule has 6 heteroatoms. The molecule has 4 atom stereocenters. The number of pyridine rings is 1. The molecule has 2 bridgehead atoms. The Morgan fingerprint density at radius 1 is 1.25 bits per heavy atom. The summed E-state index contributed by atoms with van der Waals surface area (Å²) in [7, 11) is 0. The molecule has 2 saturated carbocycles. The van der Waals surface area contributed by atoms with Crippen molar-refractivity contribution in [2.75, 3.05) is 5.32 Å². The normalized spacial score (nSPS) is 30.1. The van der Waals surface area contributed by atoms with Crippen molar-refractivity contribution in [2.24, 2.45) is 22.9 Å². The minimum atomic E-state index is -0.902. The third-order valence-electron chi connectivity index (χ3n) is 6.73. The summed E-state index contributed by atoms with van der Waals surface area (Å²) in [5.41, 5.74) is 2.75. The van der Waals surface area contributed by atoms with Gasteiger partial charge in [0.25, 0.3) is 5.91 Å². The Labute approximate surface area is 162 Å². The van der Waals surface area contributed by atoms with Gasteiger partial charge in [-0.25, -0.2) is 0 Å². The molecule has 2 N–H and O–H groups in total. The standard InChI is InChI=1S/C22H20N4O2/c27-21(25-17-5-6-18-13(11-17)7-9-24-18)22-16-4-3-14(10-16)19(22)20(26-28-22)15-2-1-8-23-12-15/h1-2,5-9,11-12,14,16,19,24H,3-4,10H2,(H,25,27)/t14-,16+,19-,22-/m1/s1. The molecule has 2 aromatic heterocycles. The van der Waals surface area contributed by atoms with Crippen LogP contribution in [0.2, 0.25) is 0 Å². The number of nitrogens with zero attached hydrogens (tertiary/aromatic N) is 2. The highest BCUT2D eigenvalue weighted by Gasteiger charge is 2.69. The van der Waals surface area contributed by atoms with E-state index in [-0.39, 0.29) is 17.7 Å². The number of H-pyrrole nitrogens is 1. The summed E-state index contributed by atoms with van der Waals surface area (Å²) in [4.78, 5) is 26.9. The van der Waals surface area contributed by atoms with Gasteiger partial charge >= 0.3 is 0 Å². The largest absolute Gasteiger partial charge is 0.378 e. The molecule has 28 heavy (non-hydrogen) atoms. The fraction of sp³-hybridized carbons (Fsp3) is 0.318. The van der Waals surface area contributed by atoms with Crippen molar-refractivity contribution in [3.8, 4) is 0 Å². The van der Waals surface area contributed by atoms with Gasteiger partial charge in [-0.15, -0.1) is 0 Å². The van der Waals surface area contributed by atoms with Crippen LogP contribution in [0.4, 0.5) is 5.69 Å². The van der Waals surface area contributed by atoms with E-state index < -0.39 is 5.60 Å². The van der Waals surface area contributed by atoms with E-state index in [4.69, 9.17) is 4.84 Å². The zero-order valence-corrected chi connectivity index (χ0v) is 15.3. The number of aromatic nitrogens is 2. The van der Waals surface area contributed by atoms with Crippen LogP contribution in [-0.4, -0.2) is 27.2 Å². The number of oxime groups is 1. The number of carbonyl (C=O) groups excluding carboxylic acids is 1. The van der Waals surface area contributed by atoms with Crippen molar-refractivity contribution < 1.29 is 9.63 Å². The Morgan fingerprint density at radius 3 is 3.11 bits per heavy atom. The maximum absolute atomic E-state index is 13.5. The van der Waals surface area contributed by atoms with E-state index in [9.17, 15) is 4.79 Å². The summed E-state index contributed by atoms with van der Waals surface area (Å²) in [6, 6.07) is 11.8. The molecule has 1 aromatic carbocycles. The molecule has 2 fully saturated rings. The molecular formula is C22H20N4O2. The van der Waals surface area contributed by atoms with Crippen LogP contribution in [0, 0.1) is 17.8 Å². The van der Waals surface area contributed by atoms with Crippen molar-refractivity contribution >= 4 is 28.2 Å². The van der Waals surface area contributed by atoms with Gasteiger partial charge in [0.1, 0.15) is 0 Å². The third kappa shape index (κ3) is 2.06. The fourth-order valence-electron chi connectivity index (χ4n) is 5.53. The van der Waals surface area contributed by atoms with Crippen LogP contribution in [0.1, 0.15) is 24.8 Å². The van der Waals surface area contributed by atoms with Crippen molar-refractivity contribution in [1.82, 2.24) is 9.97 Å². The van der Waals surface area contributed by atoms with E-state index in [1.54, 1.807) is 6.20 Å². The first-order valence-corrected chi connectivity index (χ1v) is 9.81. The Balaban J connectivity index is 1.35. The first kappa shape index (κ1) is 15.9. The zero-order valence-electron chi connectivity index (χ0n) is 15.3. The maximum Gasteiger partial charge on any atom is 0.272 e. The molecular weight excluding hydrogens is 352 g/mol. The first-order chi connectivity index (χ1) is 13.8. The highest BCUT2D eigenvalue weighted by atomic mass is 16.7. The van der Waals surface area contributed by atoms with Crippen molar-refractivity contribution in [3.05, 3.63) is 60.6 Å². The smallest absolute Gasteiger partial charge is 0.272 e. The fourth-order valence-corrected chi connectivity index (χ4v) is 5.53. The molecule has 3 heterocycles. The Morgan fingerprint density at radius 2 is 2.21 bits per heavy atom. The van der Waals surface area contributed by atoms with Gasteiger partial charge in [0.05, 0.1) is 11.6 Å². The number of nitrogens with one attached hydrogen (secondary N) is 2. The van der Waals surface area contributed by atoms with E-state index in [0.29, 0.717) is 5.92 Å². The lowest BCUT2D eigenvalue weighted by molar-refractivity contribution is -0.149. The third-order valence-corrected chi connectivity index (χ3v) is 6.73. The predicted molar refractivity (Wildman–Crippen MR) is 106 cm³/mol. The lowest BCUT2D eigenvalue weighted by atomic mass is 9.72. The van der Waals surface area contributed by atoms with Crippen LogP contribution < -0.4 is 5.32 Å². The van der Waals surface area contributed by atoms with Crippen molar-refractivity contribution in [2.45, 2.75) is 24.9 Å². The van der Waals surface area contributed by atoms with Crippen LogP contribution in [0.15, 0.2) is 60.1 Å². The molecule has 2 aliphatic carbocycles. The molecule has 1 aliphatic heterocycles. The Kier molecular flexibility index (Phi) is 3.21. The molecule has 0 saturated heterocycles. The molecule has 0 radical (unpaired) electrons. The second kappa shape index (κ2) is 5.67. The summed E-state index contributed by atoms with van der Waals surface area (Å²) >= 11 is 0. The maximum atomic E-state index is 13.5. The summed E-state index contributed by atoms with van der Waals surface area (Å²) in [6.07, 6.45) is 8.62. The van der Waals surface area contributed by atoms with Crippen LogP contribution in [0.3, 0.4) is 0 Å². The van der Waals surface area contributed by atoms with Gasteiger partial charge in [0.2, 0.25) is 5.60 Å². The average Bonchev–Trinajstić information content (AvgIpc) is 3.48. The molecule has 0 spiro atoms. The van der Waals surface area contributed by atoms with Crippen molar-refractivity contribution in [1.29, 1.82) is 0 Å². The monoisotopic (exact) mass is 372 g/mol. The summed E-state index contributed by atoms with van der Waals surface area (Å²) in [6.45, 7) is 0. The number of amides is 1. The number of anilines is 1. The molecule has 140 valence electrons. The van der Waals surface area contributed by atoms with Crippen LogP contribution in [0.25, 0.3) is 10.9 Å². The van der Waals surface area contributed by atoms with Crippen LogP contribution in [0.5, 0.6) is 0 Å². The lowest BCUT2D eigenvalue weighted by Gasteiger charge is -2.35. The van der Waals surface area contributed by atoms with E-state index in [1.807, 2.05) is 48.8 Å². The number of fused-ring (bicyclic) bond motifs is 6. The van der Waals surface area contributed by atoms with Gasteiger partial charge in [0.15, 0.2) is 0 Å². The molecule has 1 amide bonds. The van der Waals surface area contributed by atoms with E-state index in [1.165, 1.54) is 0 Å². The highest BCUT2D eigenvalue weighted by Crippen LogP contribution is 2.60. The topological polar surface area (TPSA) is 79.4 Å². The molecule has 6 rings (SSSR count). The molecule has 0 unspecified atom stereocenters. The Bertz CT molecular complexity index is 1110. The second-order valence-electron chi connectivity index (χ2n) is 8.08. The van der Waals surface area contributed by atoms with Gasteiger partial charge in [-0.2, -0.15) is 0 Å². The minimum absolute atomic E-state index is 0.00793. The molecule has 3 aromatic rings. The lowest BCUT2D eigenvalue weighted by Crippen LogP contribution is -2.53. The van der Waals surface area contributed by atoms with Gasteiger partial charge < -0.3 is 15.1 Å². The van der Waals surface area contributed by atoms with E-state index >= 15 is 0 Å². The summed E-state index contributed by atoms with van der Waals surface area (Å²) in [5.74, 6) is 0.550. The first-order valence-electron chi connectivity index (χ1n) is 9.81. The number of aromatic amines is 1. The van der Waals surface area contributed by atoms with Crippen LogP contribution in [-0.2, 0) is 9.63 Å². The van der Waals surface area contributed by atoms with Gasteiger partial charge in [-0.3, -0.25) is 9.78 Å². The number of hydrogen-bond donors (Lipinski definition) is 2. The number of hydrogen-bond acceptors (Lipinski definition) is 4.